The normalized spacial score (nSPS) is 21.7. The van der Waals surface area contributed by atoms with Crippen LogP contribution in [0.5, 0.6) is 0 Å². The van der Waals surface area contributed by atoms with E-state index >= 15 is 0 Å². The summed E-state index contributed by atoms with van der Waals surface area (Å²) < 4.78 is 7.67. The van der Waals surface area contributed by atoms with Gasteiger partial charge in [0.1, 0.15) is 24.6 Å². The summed E-state index contributed by atoms with van der Waals surface area (Å²) in [5.74, 6) is 0.180. The van der Waals surface area contributed by atoms with E-state index in [2.05, 4.69) is 25.6 Å². The third kappa shape index (κ3) is 4.69. The lowest BCUT2D eigenvalue weighted by Crippen LogP contribution is -2.46. The molecule has 0 unspecified atom stereocenters. The largest absolute Gasteiger partial charge is 0.394 e. The van der Waals surface area contributed by atoms with Crippen LogP contribution in [-0.2, 0) is 4.74 Å². The van der Waals surface area contributed by atoms with Gasteiger partial charge in [0.15, 0.2) is 23.2 Å². The number of benzene rings is 3. The van der Waals surface area contributed by atoms with Crippen molar-refractivity contribution in [3.05, 3.63) is 96.6 Å². The second kappa shape index (κ2) is 10.4. The third-order valence-electron chi connectivity index (χ3n) is 7.15. The molecule has 0 radical (unpaired) electrons. The maximum Gasteiger partial charge on any atom is 0.251 e. The number of aliphatic hydroxyl groups is 2. The van der Waals surface area contributed by atoms with Gasteiger partial charge < -0.3 is 25.6 Å². The Hall–Kier alpha value is -4.38. The Labute approximate surface area is 224 Å². The third-order valence-corrected chi connectivity index (χ3v) is 7.15. The Morgan fingerprint density at radius 2 is 1.79 bits per heavy atom. The number of aromatic nitrogens is 4. The molecule has 1 aliphatic heterocycles. The van der Waals surface area contributed by atoms with Gasteiger partial charge in [-0.05, 0) is 35.4 Å². The van der Waals surface area contributed by atoms with Gasteiger partial charge in [-0.15, -0.1) is 0 Å². The molecule has 1 amide bonds. The Kier molecular flexibility index (Phi) is 6.65. The molecule has 1 saturated heterocycles. The second-order valence-electron chi connectivity index (χ2n) is 9.62. The predicted octanol–water partition coefficient (Wildman–Crippen LogP) is 3.20. The van der Waals surface area contributed by atoms with Crippen molar-refractivity contribution < 1.29 is 19.7 Å². The zero-order valence-electron chi connectivity index (χ0n) is 21.2. The monoisotopic (exact) mass is 524 g/mol. The van der Waals surface area contributed by atoms with Crippen molar-refractivity contribution in [3.8, 4) is 0 Å². The molecule has 0 saturated carbocycles. The molecule has 5 aromatic rings. The van der Waals surface area contributed by atoms with Gasteiger partial charge in [0, 0.05) is 5.56 Å². The average Bonchev–Trinajstić information content (AvgIpc) is 3.54. The highest BCUT2D eigenvalue weighted by molar-refractivity contribution is 5.98. The van der Waals surface area contributed by atoms with E-state index < -0.39 is 31.1 Å². The minimum atomic E-state index is -1.15. The first-order valence-electron chi connectivity index (χ1n) is 12.8. The Morgan fingerprint density at radius 3 is 2.59 bits per heavy atom. The van der Waals surface area contributed by atoms with Crippen molar-refractivity contribution in [1.82, 2.24) is 24.8 Å². The van der Waals surface area contributed by atoms with Gasteiger partial charge in [-0.1, -0.05) is 60.7 Å². The van der Waals surface area contributed by atoms with Gasteiger partial charge in [0.2, 0.25) is 0 Å². The van der Waals surface area contributed by atoms with Crippen molar-refractivity contribution in [2.24, 2.45) is 0 Å². The quantitative estimate of drug-likeness (QED) is 0.255. The molecule has 1 aliphatic rings. The number of carbonyl (C=O) groups excluding carboxylic acids is 1. The SMILES string of the molecule is C[C@@H](Nc1ncnc2c1ncn2[C@@H]1O[C@H](CO)[C@@H](O)[C@H]1NC(=O)c1ccc2ccccc2c1)c1ccccc1. The minimum absolute atomic E-state index is 0.0354. The van der Waals surface area contributed by atoms with Crippen LogP contribution in [0.15, 0.2) is 85.5 Å². The highest BCUT2D eigenvalue weighted by Gasteiger charge is 2.46. The van der Waals surface area contributed by atoms with Crippen LogP contribution in [0.2, 0.25) is 0 Å². The summed E-state index contributed by atoms with van der Waals surface area (Å²) >= 11 is 0. The first-order chi connectivity index (χ1) is 19.0. The fourth-order valence-electron chi connectivity index (χ4n) is 5.03. The van der Waals surface area contributed by atoms with E-state index in [1.54, 1.807) is 23.0 Å². The topological polar surface area (TPSA) is 134 Å². The number of nitrogens with zero attached hydrogens (tertiary/aromatic N) is 4. The van der Waals surface area contributed by atoms with Gasteiger partial charge in [0.25, 0.3) is 5.91 Å². The molecule has 0 spiro atoms. The number of carbonyl (C=O) groups is 1. The second-order valence-corrected chi connectivity index (χ2v) is 9.62. The average molecular weight is 525 g/mol. The van der Waals surface area contributed by atoms with Crippen molar-refractivity contribution in [3.63, 3.8) is 0 Å². The molecule has 3 aromatic carbocycles. The van der Waals surface area contributed by atoms with Crippen LogP contribution in [0.3, 0.4) is 0 Å². The number of amides is 1. The van der Waals surface area contributed by atoms with Crippen LogP contribution in [-0.4, -0.2) is 60.5 Å². The minimum Gasteiger partial charge on any atom is -0.394 e. The number of fused-ring (bicyclic) bond motifs is 2. The molecule has 4 N–H and O–H groups in total. The van der Waals surface area contributed by atoms with E-state index in [0.29, 0.717) is 22.5 Å². The van der Waals surface area contributed by atoms with E-state index in [1.807, 2.05) is 67.6 Å². The molecule has 1 fully saturated rings. The molecule has 3 heterocycles. The molecule has 2 aromatic heterocycles. The highest BCUT2D eigenvalue weighted by Crippen LogP contribution is 2.33. The molecule has 6 rings (SSSR count). The van der Waals surface area contributed by atoms with Gasteiger partial charge in [0.05, 0.1) is 19.0 Å². The fraction of sp³-hybridized carbons (Fsp3) is 0.241. The number of aliphatic hydroxyl groups excluding tert-OH is 2. The Bertz CT molecular complexity index is 1620. The lowest BCUT2D eigenvalue weighted by Gasteiger charge is -2.23. The van der Waals surface area contributed by atoms with Gasteiger partial charge in [-0.3, -0.25) is 9.36 Å². The summed E-state index contributed by atoms with van der Waals surface area (Å²) in [4.78, 5) is 26.6. The summed E-state index contributed by atoms with van der Waals surface area (Å²) in [5.41, 5.74) is 2.53. The van der Waals surface area contributed by atoms with Crippen LogP contribution < -0.4 is 10.6 Å². The molecular formula is C29H28N6O4. The maximum atomic E-state index is 13.3. The molecule has 0 bridgehead atoms. The number of rotatable bonds is 7. The van der Waals surface area contributed by atoms with Crippen molar-refractivity contribution in [1.29, 1.82) is 0 Å². The molecule has 39 heavy (non-hydrogen) atoms. The summed E-state index contributed by atoms with van der Waals surface area (Å²) in [6.45, 7) is 1.62. The number of imidazole rings is 1. The fourth-order valence-corrected chi connectivity index (χ4v) is 5.03. The first kappa shape index (κ1) is 24.9. The standard InChI is InChI=1S/C29H28N6O4/c1-17(18-7-3-2-4-8-18)33-26-24-27(31-15-30-26)35(16-32-24)29-23(25(37)22(14-36)39-29)34-28(38)21-12-11-19-9-5-6-10-20(19)13-21/h2-13,15-17,22-23,25,29,36-37H,14H2,1H3,(H,34,38)(H,30,31,33)/t17-,22-,23-,25-,29-/m1/s1. The number of nitrogens with one attached hydrogen (secondary N) is 2. The summed E-state index contributed by atoms with van der Waals surface area (Å²) in [6.07, 6.45) is 0.0643. The van der Waals surface area contributed by atoms with Crippen LogP contribution >= 0.6 is 0 Å². The van der Waals surface area contributed by atoms with Gasteiger partial charge in [-0.2, -0.15) is 0 Å². The molecule has 198 valence electrons. The summed E-state index contributed by atoms with van der Waals surface area (Å²) in [6, 6.07) is 22.3. The lowest BCUT2D eigenvalue weighted by molar-refractivity contribution is -0.0440. The van der Waals surface area contributed by atoms with Crippen molar-refractivity contribution >= 4 is 33.7 Å². The number of anilines is 1. The zero-order chi connectivity index (χ0) is 26.9. The first-order valence-corrected chi connectivity index (χ1v) is 12.8. The van der Waals surface area contributed by atoms with Crippen LogP contribution in [0.25, 0.3) is 21.9 Å². The Balaban J connectivity index is 1.29. The Morgan fingerprint density at radius 1 is 1.03 bits per heavy atom. The highest BCUT2D eigenvalue weighted by atomic mass is 16.5. The number of ether oxygens (including phenoxy) is 1. The van der Waals surface area contributed by atoms with Gasteiger partial charge in [-0.25, -0.2) is 15.0 Å². The lowest BCUT2D eigenvalue weighted by atomic mass is 10.0. The molecular weight excluding hydrogens is 496 g/mol. The van der Waals surface area contributed by atoms with E-state index in [9.17, 15) is 15.0 Å². The smallest absolute Gasteiger partial charge is 0.251 e. The molecule has 10 nitrogen and oxygen atoms in total. The van der Waals surface area contributed by atoms with Crippen LogP contribution in [0, 0.1) is 0 Å². The van der Waals surface area contributed by atoms with E-state index in [0.717, 1.165) is 16.3 Å². The summed E-state index contributed by atoms with van der Waals surface area (Å²) in [7, 11) is 0. The molecule has 0 aliphatic carbocycles. The molecule has 5 atom stereocenters. The van der Waals surface area contributed by atoms with E-state index in [4.69, 9.17) is 4.74 Å². The van der Waals surface area contributed by atoms with E-state index in [-0.39, 0.29) is 11.9 Å². The van der Waals surface area contributed by atoms with Crippen molar-refractivity contribution in [2.75, 3.05) is 11.9 Å². The number of hydrogen-bond acceptors (Lipinski definition) is 8. The number of hydrogen-bond donors (Lipinski definition) is 4. The van der Waals surface area contributed by atoms with Crippen LogP contribution in [0.1, 0.15) is 35.1 Å². The van der Waals surface area contributed by atoms with Gasteiger partial charge >= 0.3 is 0 Å². The van der Waals surface area contributed by atoms with E-state index in [1.165, 1.54) is 6.33 Å². The van der Waals surface area contributed by atoms with Crippen molar-refractivity contribution in [2.45, 2.75) is 37.4 Å². The zero-order valence-corrected chi connectivity index (χ0v) is 21.2. The molecule has 10 heteroatoms. The summed E-state index contributed by atoms with van der Waals surface area (Å²) in [5, 5.41) is 29.1. The predicted molar refractivity (Wildman–Crippen MR) is 146 cm³/mol. The maximum absolute atomic E-state index is 13.3. The van der Waals surface area contributed by atoms with Crippen LogP contribution in [0.4, 0.5) is 5.82 Å².